The number of rotatable bonds is 21. The van der Waals surface area contributed by atoms with Gasteiger partial charge in [0, 0.05) is 21.3 Å². The van der Waals surface area contributed by atoms with Crippen molar-refractivity contribution in [2.75, 3.05) is 61.5 Å². The number of aryl methyl sites for hydroxylation is 1. The molecular weight excluding hydrogens is 1240 g/mol. The number of aromatic amines is 2. The maximum atomic E-state index is 13.8. The highest BCUT2D eigenvalue weighted by molar-refractivity contribution is 14.2. The molecule has 4 aliphatic heterocycles. The molecule has 0 saturated carbocycles. The highest BCUT2D eigenvalue weighted by Crippen LogP contribution is 2.68. The summed E-state index contributed by atoms with van der Waals surface area (Å²) in [6, 6.07) is 0. The summed E-state index contributed by atoms with van der Waals surface area (Å²) in [7, 11) is -18.3. The molecule has 3 fully saturated rings. The van der Waals surface area contributed by atoms with E-state index in [9.17, 15) is 57.6 Å². The molecule has 3 saturated heterocycles. The van der Waals surface area contributed by atoms with Gasteiger partial charge in [-0.05, 0) is 0 Å². The van der Waals surface area contributed by atoms with E-state index < -0.39 is 157 Å². The van der Waals surface area contributed by atoms with Crippen molar-refractivity contribution in [2.24, 2.45) is 10.2 Å². The molecule has 0 spiro atoms. The zero-order valence-corrected chi connectivity index (χ0v) is 45.4. The molecular formula is C33H47IN15O24P4+. The number of aliphatic hydroxyl groups excluding tert-OH is 2. The number of ether oxygens (including phenoxy) is 6. The van der Waals surface area contributed by atoms with E-state index in [0.717, 1.165) is 20.5 Å². The molecule has 5 aromatic heterocycles. The van der Waals surface area contributed by atoms with Crippen molar-refractivity contribution >= 4 is 104 Å². The van der Waals surface area contributed by atoms with Crippen LogP contribution in [0.25, 0.3) is 22.3 Å². The SMILES string of the molecule is COC1C(OP(=O)(O)OC[C@H]2O[C@@H](n3cnc4c(=O)[nH]c(N)nc43)C(OC)C2O)[C@@H](COP(=O)(O)OP(=O)(O)OP(=O)(O)OC[C@H]2O[C@@H]([n+]3cn(C)c4c(=O)[nH]c(N)nc43)C(O)C2OC)O[C@H]1N1I=Nc2c(N)ncnc21. The van der Waals surface area contributed by atoms with Crippen molar-refractivity contribution in [3.8, 4) is 0 Å². The molecule has 424 valence electrons. The van der Waals surface area contributed by atoms with Crippen LogP contribution in [-0.2, 0) is 80.4 Å². The summed E-state index contributed by atoms with van der Waals surface area (Å²) < 4.78 is 126. The lowest BCUT2D eigenvalue weighted by atomic mass is 10.1. The second-order valence-corrected chi connectivity index (χ2v) is 24.7. The third kappa shape index (κ3) is 11.7. The van der Waals surface area contributed by atoms with Crippen LogP contribution in [0.1, 0.15) is 12.5 Å². The number of imidazole rings is 2. The number of phosphoric ester groups is 3. The molecule has 0 bridgehead atoms. The zero-order chi connectivity index (χ0) is 55.7. The number of nitrogens with two attached hydrogens (primary N) is 3. The van der Waals surface area contributed by atoms with Crippen molar-refractivity contribution in [3.63, 3.8) is 0 Å². The predicted molar refractivity (Wildman–Crippen MR) is 259 cm³/mol. The lowest BCUT2D eigenvalue weighted by Gasteiger charge is -2.28. The molecule has 5 aromatic rings. The van der Waals surface area contributed by atoms with Gasteiger partial charge in [0.25, 0.3) is 17.1 Å². The van der Waals surface area contributed by atoms with Gasteiger partial charge in [0.1, 0.15) is 82.6 Å². The molecule has 14 N–H and O–H groups in total. The summed E-state index contributed by atoms with van der Waals surface area (Å²) >= 11 is -1.46. The van der Waals surface area contributed by atoms with Gasteiger partial charge in [-0.15, -0.1) is 0 Å². The van der Waals surface area contributed by atoms with E-state index in [1.807, 2.05) is 0 Å². The lowest BCUT2D eigenvalue weighted by molar-refractivity contribution is -0.745. The zero-order valence-electron chi connectivity index (χ0n) is 39.7. The second-order valence-electron chi connectivity index (χ2n) is 16.7. The predicted octanol–water partition coefficient (Wildman–Crippen LogP) is -2.40. The van der Waals surface area contributed by atoms with Gasteiger partial charge in [-0.2, -0.15) is 16.8 Å². The summed E-state index contributed by atoms with van der Waals surface area (Å²) in [5, 5.41) is 22.3. The molecule has 0 amide bonds. The molecule has 9 heterocycles. The summed E-state index contributed by atoms with van der Waals surface area (Å²) in [4.78, 5) is 92.6. The van der Waals surface area contributed by atoms with Gasteiger partial charge in [-0.3, -0.25) is 49.9 Å². The maximum Gasteiger partial charge on any atom is 0.490 e. The van der Waals surface area contributed by atoms with Crippen LogP contribution < -0.4 is 36.0 Å². The van der Waals surface area contributed by atoms with Gasteiger partial charge in [0.05, 0.1) is 33.2 Å². The molecule has 44 heteroatoms. The Labute approximate surface area is 439 Å². The highest BCUT2D eigenvalue weighted by Gasteiger charge is 2.55. The van der Waals surface area contributed by atoms with E-state index in [0.29, 0.717) is 0 Å². The number of aromatic nitrogens is 10. The molecule has 0 radical (unpaired) electrons. The summed E-state index contributed by atoms with van der Waals surface area (Å²) in [6.45, 7) is -3.09. The Balaban J connectivity index is 0.866. The van der Waals surface area contributed by atoms with Gasteiger partial charge in [0.2, 0.25) is 17.7 Å². The number of nitrogen functional groups attached to an aromatic ring is 3. The van der Waals surface area contributed by atoms with Gasteiger partial charge >= 0.3 is 36.9 Å². The Morgan fingerprint density at radius 3 is 1.99 bits per heavy atom. The second kappa shape index (κ2) is 22.0. The van der Waals surface area contributed by atoms with Gasteiger partial charge < -0.3 is 75.4 Å². The number of nitrogens with one attached hydrogen (secondary N) is 2. The maximum absolute atomic E-state index is 13.8. The standard InChI is InChI=1S/C33H46IN15O24P4/c1-46-10-48(26-16(46)28(53)44-33(37)42-26)29-18(51)19(62-2)12(69-29)6-66-75(56,57)72-77(60,61)73-76(58,59)67-7-13-20(22(64-4)31(70-13)49-24-14(45-34-49)23(35)38-8-39-24)71-74(54,55)65-5-11-17(50)21(63-3)30(68-11)47-9-40-15-25(47)41-32(36)43-27(15)52/h8-13,17-22,29-31,50-51H,5-7H2,1-4H3,(H11-,35,36,37,38,39,41,42,43,44,52,53,54,55,56,57,58,59,60,61)/p+1/t11-,12-,13-,17?,18?,19?,20?,21?,22?,29-,30-,31-/m1/s1. The number of aliphatic hydroxyl groups is 2. The van der Waals surface area contributed by atoms with E-state index in [1.165, 1.54) is 43.6 Å². The van der Waals surface area contributed by atoms with E-state index >= 15 is 0 Å². The first-order chi connectivity index (χ1) is 36.2. The summed E-state index contributed by atoms with van der Waals surface area (Å²) in [5.74, 6) is -0.417. The number of halogens is 1. The Bertz CT molecular complexity index is 3410. The van der Waals surface area contributed by atoms with Crippen LogP contribution in [0.3, 0.4) is 0 Å². The molecule has 77 heavy (non-hydrogen) atoms. The van der Waals surface area contributed by atoms with Crippen LogP contribution in [0.15, 0.2) is 31.7 Å². The van der Waals surface area contributed by atoms with Crippen molar-refractivity contribution < 1.29 is 108 Å². The molecule has 39 nitrogen and oxygen atoms in total. The Morgan fingerprint density at radius 2 is 1.32 bits per heavy atom. The van der Waals surface area contributed by atoms with Crippen molar-refractivity contribution in [1.82, 2.24) is 44.0 Å². The summed E-state index contributed by atoms with van der Waals surface area (Å²) in [5.41, 5.74) is 16.1. The topological polar surface area (TPSA) is 538 Å². The average molecular weight is 1290 g/mol. The molecule has 16 atom stereocenters. The molecule has 10 unspecified atom stereocenters. The van der Waals surface area contributed by atoms with Crippen LogP contribution in [0.5, 0.6) is 0 Å². The number of hydrogen-bond donors (Lipinski definition) is 11. The van der Waals surface area contributed by atoms with Crippen molar-refractivity contribution in [1.29, 1.82) is 0 Å². The fourth-order valence-electron chi connectivity index (χ4n) is 8.60. The smallest absolute Gasteiger partial charge is 0.387 e. The molecule has 4 aliphatic rings. The first-order valence-corrected chi connectivity index (χ1v) is 29.7. The first-order valence-electron chi connectivity index (χ1n) is 21.7. The van der Waals surface area contributed by atoms with Gasteiger partial charge in [-0.1, -0.05) is 4.98 Å². The van der Waals surface area contributed by atoms with E-state index in [2.05, 4.69) is 46.7 Å². The average Bonchev–Trinajstić information content (AvgIpc) is 4.23. The fraction of sp³-hybridized carbons (Fsp3) is 0.576. The molecule has 0 aromatic carbocycles. The Morgan fingerprint density at radius 1 is 0.727 bits per heavy atom. The van der Waals surface area contributed by atoms with E-state index in [4.69, 9.17) is 63.7 Å². The lowest BCUT2D eigenvalue weighted by Crippen LogP contribution is -2.46. The monoisotopic (exact) mass is 1290 g/mol. The normalized spacial score (nSPS) is 30.5. The third-order valence-electron chi connectivity index (χ3n) is 11.8. The number of methoxy groups -OCH3 is 3. The minimum atomic E-state index is -6.16. The number of H-pyrrole nitrogens is 2. The Hall–Kier alpha value is -4.29. The van der Waals surface area contributed by atoms with Crippen molar-refractivity contribution in [3.05, 3.63) is 39.7 Å². The third-order valence-corrected chi connectivity index (χ3v) is 19.3. The van der Waals surface area contributed by atoms with Crippen LogP contribution in [0.4, 0.5) is 29.2 Å². The van der Waals surface area contributed by atoms with E-state index in [-0.39, 0.29) is 51.5 Å². The quantitative estimate of drug-likeness (QED) is 0.0158. The van der Waals surface area contributed by atoms with Gasteiger partial charge in [0.15, 0.2) is 47.3 Å². The minimum Gasteiger partial charge on any atom is -0.387 e. The number of anilines is 4. The fourth-order valence-corrected chi connectivity index (χ4v) is 15.2. The number of phosphoric acid groups is 4. The van der Waals surface area contributed by atoms with E-state index in [1.54, 1.807) is 0 Å². The van der Waals surface area contributed by atoms with Crippen LogP contribution >= 0.6 is 52.6 Å². The Kier molecular flexibility index (Phi) is 16.4. The minimum absolute atomic E-state index is 0.0141. The number of fused-ring (bicyclic) bond motifs is 3. The van der Waals surface area contributed by atoms with Crippen LogP contribution in [-0.4, -0.2) is 176 Å². The first kappa shape index (κ1) is 57.4. The van der Waals surface area contributed by atoms with Crippen LogP contribution in [0.2, 0.25) is 0 Å². The molecule has 9 rings (SSSR count). The molecule has 0 aliphatic carbocycles. The van der Waals surface area contributed by atoms with Crippen LogP contribution in [0, 0.1) is 0 Å². The largest absolute Gasteiger partial charge is 0.490 e. The van der Waals surface area contributed by atoms with Gasteiger partial charge in [-0.25, -0.2) is 37.8 Å². The number of hydrogen-bond acceptors (Lipinski definition) is 30. The number of nitrogens with zero attached hydrogens (tertiary/aromatic N) is 10. The van der Waals surface area contributed by atoms with Crippen molar-refractivity contribution in [2.45, 2.75) is 73.6 Å². The summed E-state index contributed by atoms with van der Waals surface area (Å²) in [6.07, 6.45) is -14.0. The highest BCUT2D eigenvalue weighted by atomic mass is 127.